The Morgan fingerprint density at radius 3 is 2.22 bits per heavy atom. The quantitative estimate of drug-likeness (QED) is 0.766. The summed E-state index contributed by atoms with van der Waals surface area (Å²) < 4.78 is 0. The first kappa shape index (κ1) is 15.0. The SMILES string of the molecule is CC[C@@H](NC(=O)C1(CC(C)C)CCCC1)C(=O)O. The van der Waals surface area contributed by atoms with Crippen molar-refractivity contribution in [1.29, 1.82) is 0 Å². The van der Waals surface area contributed by atoms with Gasteiger partial charge in [-0.2, -0.15) is 0 Å². The second-order valence-corrected chi connectivity index (χ2v) is 5.86. The Bertz CT molecular complexity index is 306. The van der Waals surface area contributed by atoms with Gasteiger partial charge in [-0.3, -0.25) is 4.79 Å². The number of carboxylic acids is 1. The van der Waals surface area contributed by atoms with Crippen molar-refractivity contribution in [3.05, 3.63) is 0 Å². The molecule has 1 rings (SSSR count). The monoisotopic (exact) mass is 255 g/mol. The number of carboxylic acid groups (broad SMARTS) is 1. The molecule has 0 aliphatic heterocycles. The highest BCUT2D eigenvalue weighted by molar-refractivity contribution is 5.87. The van der Waals surface area contributed by atoms with Gasteiger partial charge in [0.25, 0.3) is 0 Å². The van der Waals surface area contributed by atoms with Gasteiger partial charge in [-0.15, -0.1) is 0 Å². The van der Waals surface area contributed by atoms with Gasteiger partial charge in [0.05, 0.1) is 0 Å². The average molecular weight is 255 g/mol. The summed E-state index contributed by atoms with van der Waals surface area (Å²) in [5, 5.41) is 11.7. The van der Waals surface area contributed by atoms with Crippen molar-refractivity contribution in [2.45, 2.75) is 65.3 Å². The third-order valence-electron chi connectivity index (χ3n) is 3.85. The molecule has 2 N–H and O–H groups in total. The standard InChI is InChI=1S/C14H25NO3/c1-4-11(12(16)17)15-13(18)14(9-10(2)3)7-5-6-8-14/h10-11H,4-9H2,1-3H3,(H,15,18)(H,16,17)/t11-/m1/s1. The summed E-state index contributed by atoms with van der Waals surface area (Å²) in [6.07, 6.45) is 5.22. The molecule has 0 aromatic heterocycles. The summed E-state index contributed by atoms with van der Waals surface area (Å²) in [7, 11) is 0. The van der Waals surface area contributed by atoms with Crippen molar-refractivity contribution in [2.75, 3.05) is 0 Å². The molecule has 1 fully saturated rings. The molecule has 0 spiro atoms. The highest BCUT2D eigenvalue weighted by atomic mass is 16.4. The Kier molecular flexibility index (Phi) is 5.17. The molecule has 1 saturated carbocycles. The van der Waals surface area contributed by atoms with E-state index in [0.29, 0.717) is 12.3 Å². The van der Waals surface area contributed by atoms with Crippen molar-refractivity contribution in [2.24, 2.45) is 11.3 Å². The van der Waals surface area contributed by atoms with Crippen LogP contribution < -0.4 is 5.32 Å². The molecule has 1 aliphatic rings. The van der Waals surface area contributed by atoms with Gasteiger partial charge in [0.1, 0.15) is 6.04 Å². The molecule has 0 aromatic rings. The van der Waals surface area contributed by atoms with E-state index in [1.165, 1.54) is 0 Å². The molecule has 4 heteroatoms. The lowest BCUT2D eigenvalue weighted by Crippen LogP contribution is -2.47. The first-order valence-corrected chi connectivity index (χ1v) is 6.95. The van der Waals surface area contributed by atoms with E-state index < -0.39 is 12.0 Å². The summed E-state index contributed by atoms with van der Waals surface area (Å²) in [5.74, 6) is -0.537. The van der Waals surface area contributed by atoms with Crippen molar-refractivity contribution in [3.63, 3.8) is 0 Å². The van der Waals surface area contributed by atoms with E-state index in [9.17, 15) is 9.59 Å². The predicted molar refractivity (Wildman–Crippen MR) is 70.2 cm³/mol. The fraction of sp³-hybridized carbons (Fsp3) is 0.857. The Labute approximate surface area is 109 Å². The maximum atomic E-state index is 12.4. The highest BCUT2D eigenvalue weighted by Gasteiger charge is 2.42. The third-order valence-corrected chi connectivity index (χ3v) is 3.85. The second-order valence-electron chi connectivity index (χ2n) is 5.86. The van der Waals surface area contributed by atoms with Gasteiger partial charge in [-0.1, -0.05) is 33.6 Å². The van der Waals surface area contributed by atoms with E-state index in [-0.39, 0.29) is 11.3 Å². The molecule has 0 heterocycles. The van der Waals surface area contributed by atoms with Crippen LogP contribution in [0.3, 0.4) is 0 Å². The molecular formula is C14H25NO3. The molecule has 1 atom stereocenters. The Morgan fingerprint density at radius 2 is 1.83 bits per heavy atom. The van der Waals surface area contributed by atoms with E-state index >= 15 is 0 Å². The summed E-state index contributed by atoms with van der Waals surface area (Å²) in [4.78, 5) is 23.4. The zero-order valence-corrected chi connectivity index (χ0v) is 11.7. The summed E-state index contributed by atoms with van der Waals surface area (Å²) in [6.45, 7) is 6.01. The maximum Gasteiger partial charge on any atom is 0.326 e. The van der Waals surface area contributed by atoms with Gasteiger partial charge in [0.2, 0.25) is 5.91 Å². The lowest BCUT2D eigenvalue weighted by atomic mass is 9.77. The molecule has 0 unspecified atom stereocenters. The molecule has 1 aliphatic carbocycles. The van der Waals surface area contributed by atoms with Gasteiger partial charge in [0.15, 0.2) is 0 Å². The third kappa shape index (κ3) is 3.47. The summed E-state index contributed by atoms with van der Waals surface area (Å²) in [5.41, 5.74) is -0.322. The molecule has 0 saturated heterocycles. The molecular weight excluding hydrogens is 230 g/mol. The van der Waals surface area contributed by atoms with E-state index in [1.807, 2.05) is 0 Å². The van der Waals surface area contributed by atoms with E-state index in [1.54, 1.807) is 6.92 Å². The number of rotatable bonds is 6. The van der Waals surface area contributed by atoms with E-state index in [2.05, 4.69) is 19.2 Å². The second kappa shape index (κ2) is 6.21. The normalized spacial score (nSPS) is 19.8. The van der Waals surface area contributed by atoms with Gasteiger partial charge < -0.3 is 10.4 Å². The van der Waals surface area contributed by atoms with Crippen molar-refractivity contribution in [3.8, 4) is 0 Å². The van der Waals surface area contributed by atoms with Gasteiger partial charge >= 0.3 is 5.97 Å². The van der Waals surface area contributed by atoms with E-state index in [0.717, 1.165) is 32.1 Å². The number of carbonyl (C=O) groups excluding carboxylic acids is 1. The minimum atomic E-state index is -0.941. The zero-order valence-electron chi connectivity index (χ0n) is 11.7. The number of nitrogens with one attached hydrogen (secondary N) is 1. The van der Waals surface area contributed by atoms with E-state index in [4.69, 9.17) is 5.11 Å². The van der Waals surface area contributed by atoms with Crippen LogP contribution in [0.4, 0.5) is 0 Å². The van der Waals surface area contributed by atoms with Crippen LogP contribution in [0.1, 0.15) is 59.3 Å². The largest absolute Gasteiger partial charge is 0.480 e. The predicted octanol–water partition coefficient (Wildman–Crippen LogP) is 2.57. The van der Waals surface area contributed by atoms with Crippen LogP contribution in [0.25, 0.3) is 0 Å². The van der Waals surface area contributed by atoms with Crippen molar-refractivity contribution >= 4 is 11.9 Å². The molecule has 4 nitrogen and oxygen atoms in total. The Morgan fingerprint density at radius 1 is 1.28 bits per heavy atom. The van der Waals surface area contributed by atoms with Crippen LogP contribution in [-0.2, 0) is 9.59 Å². The fourth-order valence-electron chi connectivity index (χ4n) is 3.01. The first-order chi connectivity index (χ1) is 8.41. The van der Waals surface area contributed by atoms with Crippen LogP contribution in [0.5, 0.6) is 0 Å². The molecule has 104 valence electrons. The van der Waals surface area contributed by atoms with Crippen LogP contribution in [0.15, 0.2) is 0 Å². The fourth-order valence-corrected chi connectivity index (χ4v) is 3.01. The van der Waals surface area contributed by atoms with Crippen LogP contribution in [0.2, 0.25) is 0 Å². The lowest BCUT2D eigenvalue weighted by Gasteiger charge is -2.30. The molecule has 0 radical (unpaired) electrons. The van der Waals surface area contributed by atoms with Crippen molar-refractivity contribution in [1.82, 2.24) is 5.32 Å². The summed E-state index contributed by atoms with van der Waals surface area (Å²) in [6, 6.07) is -0.748. The van der Waals surface area contributed by atoms with Gasteiger partial charge in [0, 0.05) is 5.41 Å². The number of hydrogen-bond acceptors (Lipinski definition) is 2. The smallest absolute Gasteiger partial charge is 0.326 e. The van der Waals surface area contributed by atoms with Crippen LogP contribution >= 0.6 is 0 Å². The molecule has 1 amide bonds. The number of hydrogen-bond donors (Lipinski definition) is 2. The average Bonchev–Trinajstić information content (AvgIpc) is 2.73. The number of aliphatic carboxylic acids is 1. The topological polar surface area (TPSA) is 66.4 Å². The van der Waals surface area contributed by atoms with Crippen LogP contribution in [-0.4, -0.2) is 23.0 Å². The molecule has 0 aromatic carbocycles. The minimum Gasteiger partial charge on any atom is -0.480 e. The number of carbonyl (C=O) groups is 2. The Hall–Kier alpha value is -1.06. The molecule has 0 bridgehead atoms. The number of amides is 1. The highest BCUT2D eigenvalue weighted by Crippen LogP contribution is 2.43. The maximum absolute atomic E-state index is 12.4. The molecule has 18 heavy (non-hydrogen) atoms. The lowest BCUT2D eigenvalue weighted by molar-refractivity contribution is -0.144. The van der Waals surface area contributed by atoms with Crippen LogP contribution in [0, 0.1) is 11.3 Å². The van der Waals surface area contributed by atoms with Gasteiger partial charge in [-0.25, -0.2) is 4.79 Å². The first-order valence-electron chi connectivity index (χ1n) is 6.95. The zero-order chi connectivity index (χ0) is 13.8. The minimum absolute atomic E-state index is 0.0528. The van der Waals surface area contributed by atoms with Crippen molar-refractivity contribution < 1.29 is 14.7 Å². The van der Waals surface area contributed by atoms with Gasteiger partial charge in [-0.05, 0) is 31.6 Å². The Balaban J connectivity index is 2.74. The summed E-state index contributed by atoms with van der Waals surface area (Å²) >= 11 is 0.